The van der Waals surface area contributed by atoms with Gasteiger partial charge in [-0.1, -0.05) is 121 Å². The SMILES string of the molecule is Cc1ccccc1-c1ccc(-c2ccc3c(c2)C(=O)c2cc(-c4ccc(-c5ccccc5C)cc4)ccc2-3)cc1. The molecule has 0 N–H and O–H groups in total. The maximum atomic E-state index is 13.6. The molecule has 7 rings (SSSR count). The van der Waals surface area contributed by atoms with E-state index in [-0.39, 0.29) is 5.78 Å². The number of benzene rings is 6. The zero-order chi connectivity index (χ0) is 27.2. The van der Waals surface area contributed by atoms with Crippen LogP contribution in [0.2, 0.25) is 0 Å². The summed E-state index contributed by atoms with van der Waals surface area (Å²) >= 11 is 0. The van der Waals surface area contributed by atoms with E-state index in [0.29, 0.717) is 0 Å². The lowest BCUT2D eigenvalue weighted by Gasteiger charge is -2.09. The van der Waals surface area contributed by atoms with Gasteiger partial charge in [-0.15, -0.1) is 0 Å². The quantitative estimate of drug-likeness (QED) is 0.229. The molecule has 0 bridgehead atoms. The van der Waals surface area contributed by atoms with Crippen LogP contribution in [0.1, 0.15) is 27.0 Å². The molecule has 0 saturated heterocycles. The van der Waals surface area contributed by atoms with Crippen molar-refractivity contribution in [3.8, 4) is 55.6 Å². The average Bonchev–Trinajstić information content (AvgIpc) is 3.28. The summed E-state index contributed by atoms with van der Waals surface area (Å²) in [6, 6.07) is 46.7. The largest absolute Gasteiger partial charge is 0.289 e. The Hall–Kier alpha value is -5.01. The lowest BCUT2D eigenvalue weighted by atomic mass is 9.95. The molecule has 0 fully saturated rings. The minimum absolute atomic E-state index is 0.0989. The summed E-state index contributed by atoms with van der Waals surface area (Å²) in [7, 11) is 0. The fourth-order valence-electron chi connectivity index (χ4n) is 5.92. The van der Waals surface area contributed by atoms with E-state index < -0.39 is 0 Å². The molecule has 1 aliphatic rings. The summed E-state index contributed by atoms with van der Waals surface area (Å²) in [4.78, 5) is 13.6. The maximum Gasteiger partial charge on any atom is 0.194 e. The third-order valence-corrected chi connectivity index (χ3v) is 8.17. The van der Waals surface area contributed by atoms with Crippen molar-refractivity contribution in [3.05, 3.63) is 156 Å². The van der Waals surface area contributed by atoms with Crippen LogP contribution in [0.3, 0.4) is 0 Å². The summed E-state index contributed by atoms with van der Waals surface area (Å²) in [6.07, 6.45) is 0. The average molecular weight is 513 g/mol. The predicted molar refractivity (Wildman–Crippen MR) is 167 cm³/mol. The summed E-state index contributed by atoms with van der Waals surface area (Å²) in [5.74, 6) is 0.0989. The molecule has 0 aliphatic heterocycles. The van der Waals surface area contributed by atoms with Crippen molar-refractivity contribution in [2.24, 2.45) is 0 Å². The third kappa shape index (κ3) is 4.08. The van der Waals surface area contributed by atoms with Gasteiger partial charge in [0, 0.05) is 11.1 Å². The van der Waals surface area contributed by atoms with Crippen molar-refractivity contribution in [2.75, 3.05) is 0 Å². The minimum atomic E-state index is 0.0989. The van der Waals surface area contributed by atoms with Gasteiger partial charge in [0.1, 0.15) is 0 Å². The Balaban J connectivity index is 1.17. The first kappa shape index (κ1) is 24.1. The Morgan fingerprint density at radius 2 is 0.675 bits per heavy atom. The number of hydrogen-bond donors (Lipinski definition) is 0. The van der Waals surface area contributed by atoms with E-state index in [0.717, 1.165) is 44.5 Å². The summed E-state index contributed by atoms with van der Waals surface area (Å²) in [5, 5.41) is 0. The molecule has 0 atom stereocenters. The second-order valence-corrected chi connectivity index (χ2v) is 10.6. The van der Waals surface area contributed by atoms with Crippen molar-refractivity contribution >= 4 is 5.78 Å². The number of rotatable bonds is 4. The van der Waals surface area contributed by atoms with Gasteiger partial charge >= 0.3 is 0 Å². The highest BCUT2D eigenvalue weighted by atomic mass is 16.1. The summed E-state index contributed by atoms with van der Waals surface area (Å²) in [6.45, 7) is 4.28. The van der Waals surface area contributed by atoms with Crippen LogP contribution in [0.5, 0.6) is 0 Å². The Morgan fingerprint density at radius 3 is 1.07 bits per heavy atom. The molecule has 0 radical (unpaired) electrons. The molecular formula is C39H28O. The molecule has 0 heterocycles. The van der Waals surface area contributed by atoms with E-state index >= 15 is 0 Å². The van der Waals surface area contributed by atoms with E-state index in [9.17, 15) is 4.79 Å². The molecule has 0 aromatic heterocycles. The molecule has 1 heteroatoms. The first-order valence-electron chi connectivity index (χ1n) is 13.7. The second-order valence-electron chi connectivity index (χ2n) is 10.6. The van der Waals surface area contributed by atoms with Crippen LogP contribution in [0.4, 0.5) is 0 Å². The van der Waals surface area contributed by atoms with Crippen molar-refractivity contribution in [1.29, 1.82) is 0 Å². The summed E-state index contributed by atoms with van der Waals surface area (Å²) in [5.41, 5.74) is 15.3. The van der Waals surface area contributed by atoms with Gasteiger partial charge in [0.25, 0.3) is 0 Å². The highest BCUT2D eigenvalue weighted by Gasteiger charge is 2.27. The first-order chi connectivity index (χ1) is 19.6. The van der Waals surface area contributed by atoms with Gasteiger partial charge in [-0.2, -0.15) is 0 Å². The van der Waals surface area contributed by atoms with E-state index in [2.05, 4.69) is 147 Å². The van der Waals surface area contributed by atoms with E-state index in [4.69, 9.17) is 0 Å². The monoisotopic (exact) mass is 512 g/mol. The van der Waals surface area contributed by atoms with Crippen LogP contribution in [-0.2, 0) is 0 Å². The molecule has 40 heavy (non-hydrogen) atoms. The zero-order valence-corrected chi connectivity index (χ0v) is 22.6. The Kier molecular flexibility index (Phi) is 5.79. The summed E-state index contributed by atoms with van der Waals surface area (Å²) < 4.78 is 0. The maximum absolute atomic E-state index is 13.6. The van der Waals surface area contributed by atoms with E-state index in [1.165, 1.54) is 33.4 Å². The molecule has 6 aromatic rings. The molecular weight excluding hydrogens is 484 g/mol. The van der Waals surface area contributed by atoms with E-state index in [1.54, 1.807) is 0 Å². The Bertz CT molecular complexity index is 1770. The number of ketones is 1. The van der Waals surface area contributed by atoms with Gasteiger partial charge in [0.15, 0.2) is 5.78 Å². The van der Waals surface area contributed by atoms with Crippen LogP contribution >= 0.6 is 0 Å². The topological polar surface area (TPSA) is 17.1 Å². The van der Waals surface area contributed by atoms with Crippen molar-refractivity contribution in [2.45, 2.75) is 13.8 Å². The highest BCUT2D eigenvalue weighted by molar-refractivity contribution is 6.22. The normalized spacial score (nSPS) is 11.8. The minimum Gasteiger partial charge on any atom is -0.289 e. The standard InChI is InChI=1S/C39H28O/c1-25-7-3-5-9-33(25)29-15-11-27(12-16-29)31-19-21-35-36-22-20-32(24-38(36)39(40)37(35)23-31)28-13-17-30(18-14-28)34-10-6-4-8-26(34)2/h3-24H,1-2H3. The van der Waals surface area contributed by atoms with Gasteiger partial charge in [-0.05, 0) is 92.7 Å². The van der Waals surface area contributed by atoms with Crippen molar-refractivity contribution < 1.29 is 4.79 Å². The second kappa shape index (κ2) is 9.63. The molecule has 0 spiro atoms. The lowest BCUT2D eigenvalue weighted by Crippen LogP contribution is -1.96. The predicted octanol–water partition coefficient (Wildman–Crippen LogP) is 10.2. The van der Waals surface area contributed by atoms with Crippen LogP contribution in [-0.4, -0.2) is 5.78 Å². The van der Waals surface area contributed by atoms with Crippen molar-refractivity contribution in [3.63, 3.8) is 0 Å². The fourth-order valence-corrected chi connectivity index (χ4v) is 5.92. The number of carbonyl (C=O) groups excluding carboxylic acids is 1. The number of aryl methyl sites for hydroxylation is 2. The smallest absolute Gasteiger partial charge is 0.194 e. The molecule has 1 nitrogen and oxygen atoms in total. The molecule has 6 aromatic carbocycles. The number of hydrogen-bond acceptors (Lipinski definition) is 1. The Morgan fingerprint density at radius 1 is 0.325 bits per heavy atom. The molecule has 1 aliphatic carbocycles. The van der Waals surface area contributed by atoms with Crippen LogP contribution in [0, 0.1) is 13.8 Å². The zero-order valence-electron chi connectivity index (χ0n) is 22.6. The van der Waals surface area contributed by atoms with Crippen LogP contribution in [0.25, 0.3) is 55.6 Å². The van der Waals surface area contributed by atoms with Crippen molar-refractivity contribution in [1.82, 2.24) is 0 Å². The molecule has 190 valence electrons. The van der Waals surface area contributed by atoms with Gasteiger partial charge in [-0.3, -0.25) is 4.79 Å². The first-order valence-corrected chi connectivity index (χ1v) is 13.7. The molecule has 0 saturated carbocycles. The number of carbonyl (C=O) groups is 1. The van der Waals surface area contributed by atoms with Gasteiger partial charge in [0.05, 0.1) is 0 Å². The fraction of sp³-hybridized carbons (Fsp3) is 0.0513. The van der Waals surface area contributed by atoms with Crippen LogP contribution in [0.15, 0.2) is 133 Å². The van der Waals surface area contributed by atoms with E-state index in [1.807, 2.05) is 0 Å². The number of fused-ring (bicyclic) bond motifs is 3. The lowest BCUT2D eigenvalue weighted by molar-refractivity contribution is 0.104. The molecule has 0 amide bonds. The van der Waals surface area contributed by atoms with Gasteiger partial charge in [-0.25, -0.2) is 0 Å². The van der Waals surface area contributed by atoms with Gasteiger partial charge < -0.3 is 0 Å². The third-order valence-electron chi connectivity index (χ3n) is 8.17. The molecule has 0 unspecified atom stereocenters. The van der Waals surface area contributed by atoms with Crippen LogP contribution < -0.4 is 0 Å². The Labute approximate surface area is 235 Å². The van der Waals surface area contributed by atoms with Gasteiger partial charge in [0.2, 0.25) is 0 Å². The highest BCUT2D eigenvalue weighted by Crippen LogP contribution is 2.41.